The molecule has 2 N–H and O–H groups in total. The van der Waals surface area contributed by atoms with Crippen LogP contribution in [0.5, 0.6) is 5.88 Å². The van der Waals surface area contributed by atoms with Crippen molar-refractivity contribution in [2.24, 2.45) is 0 Å². The summed E-state index contributed by atoms with van der Waals surface area (Å²) < 4.78 is 23.6. The first-order chi connectivity index (χ1) is 14.6. The molecule has 0 bridgehead atoms. The molecule has 0 aliphatic heterocycles. The molecule has 0 saturated carbocycles. The number of nitrogens with zero attached hydrogens (tertiary/aromatic N) is 1. The average Bonchev–Trinajstić information content (AvgIpc) is 3.41. The van der Waals surface area contributed by atoms with Crippen molar-refractivity contribution in [3.8, 4) is 5.88 Å². The lowest BCUT2D eigenvalue weighted by atomic mass is 9.91. The summed E-state index contributed by atoms with van der Waals surface area (Å²) >= 11 is 0. The minimum Gasteiger partial charge on any atom is -0.479 e. The van der Waals surface area contributed by atoms with E-state index in [0.29, 0.717) is 24.6 Å². The maximum Gasteiger partial charge on any atom is 0.254 e. The van der Waals surface area contributed by atoms with Crippen LogP contribution < -0.4 is 10.1 Å². The lowest BCUT2D eigenvalue weighted by molar-refractivity contribution is -0.121. The van der Waals surface area contributed by atoms with Gasteiger partial charge in [-0.25, -0.2) is 4.39 Å². The van der Waals surface area contributed by atoms with Crippen LogP contribution in [-0.4, -0.2) is 29.7 Å². The molecule has 154 valence electrons. The largest absolute Gasteiger partial charge is 0.479 e. The quantitative estimate of drug-likeness (QED) is 0.459. The van der Waals surface area contributed by atoms with Crippen LogP contribution in [0, 0.1) is 5.82 Å². The Kier molecular flexibility index (Phi) is 5.79. The van der Waals surface area contributed by atoms with Crippen LogP contribution in [-0.2, 0) is 11.2 Å². The van der Waals surface area contributed by atoms with Gasteiger partial charge in [0.15, 0.2) is 0 Å². The van der Waals surface area contributed by atoms with E-state index in [1.807, 2.05) is 30.5 Å². The molecule has 0 aliphatic rings. The molecular formula is C23H22FN3O3. The first kappa shape index (κ1) is 19.7. The third-order valence-electron chi connectivity index (χ3n) is 5.12. The Morgan fingerprint density at radius 1 is 1.23 bits per heavy atom. The minimum atomic E-state index is -0.289. The van der Waals surface area contributed by atoms with E-state index in [9.17, 15) is 9.18 Å². The smallest absolute Gasteiger partial charge is 0.254 e. The number of carbonyl (C=O) groups excluding carboxylic acids is 1. The molecule has 0 aliphatic carbocycles. The van der Waals surface area contributed by atoms with E-state index in [1.165, 1.54) is 19.2 Å². The van der Waals surface area contributed by atoms with Crippen LogP contribution in [0.25, 0.3) is 10.9 Å². The number of amides is 1. The van der Waals surface area contributed by atoms with Gasteiger partial charge in [-0.1, -0.05) is 30.3 Å². The van der Waals surface area contributed by atoms with Gasteiger partial charge >= 0.3 is 0 Å². The number of rotatable bonds is 8. The van der Waals surface area contributed by atoms with E-state index in [4.69, 9.17) is 9.26 Å². The molecule has 0 fully saturated rings. The predicted octanol–water partition coefficient (Wildman–Crippen LogP) is 4.18. The summed E-state index contributed by atoms with van der Waals surface area (Å²) in [4.78, 5) is 15.7. The first-order valence-electron chi connectivity index (χ1n) is 9.72. The fraction of sp³-hybridized carbons (Fsp3) is 0.217. The molecule has 2 heterocycles. The Balaban J connectivity index is 1.48. The Labute approximate surface area is 173 Å². The number of nitrogens with one attached hydrogen (secondary N) is 2. The third-order valence-corrected chi connectivity index (χ3v) is 5.12. The summed E-state index contributed by atoms with van der Waals surface area (Å²) in [5, 5.41) is 7.81. The number of aromatic amines is 1. The number of hydrogen-bond donors (Lipinski definition) is 2. The lowest BCUT2D eigenvalue weighted by Gasteiger charge is -2.18. The highest BCUT2D eigenvalue weighted by Crippen LogP contribution is 2.30. The predicted molar refractivity (Wildman–Crippen MR) is 111 cm³/mol. The Morgan fingerprint density at radius 3 is 2.80 bits per heavy atom. The zero-order valence-electron chi connectivity index (χ0n) is 16.5. The number of benzene rings is 2. The molecule has 0 spiro atoms. The topological polar surface area (TPSA) is 80.1 Å². The second-order valence-corrected chi connectivity index (χ2v) is 7.03. The monoisotopic (exact) mass is 407 g/mol. The van der Waals surface area contributed by atoms with E-state index >= 15 is 0 Å². The molecule has 0 saturated heterocycles. The molecule has 30 heavy (non-hydrogen) atoms. The number of aryl methyl sites for hydroxylation is 1. The van der Waals surface area contributed by atoms with E-state index in [1.54, 1.807) is 18.2 Å². The number of fused-ring (bicyclic) bond motifs is 1. The lowest BCUT2D eigenvalue weighted by Crippen LogP contribution is -2.29. The van der Waals surface area contributed by atoms with E-state index in [0.717, 1.165) is 22.0 Å². The zero-order chi connectivity index (χ0) is 20.9. The van der Waals surface area contributed by atoms with Crippen LogP contribution in [0.3, 0.4) is 0 Å². The number of carbonyl (C=O) groups is 1. The highest BCUT2D eigenvalue weighted by Gasteiger charge is 2.19. The van der Waals surface area contributed by atoms with Gasteiger partial charge in [0.25, 0.3) is 5.88 Å². The molecule has 6 nitrogen and oxygen atoms in total. The molecule has 4 aromatic rings. The summed E-state index contributed by atoms with van der Waals surface area (Å²) in [5.74, 6) is 0.478. The SMILES string of the molecule is COc1cc(CCC(=O)NC[C@H](c2ccc(F)cc2)c2c[nH]c3ccccc23)on1. The normalized spacial score (nSPS) is 12.1. The van der Waals surface area contributed by atoms with E-state index in [-0.39, 0.29) is 24.1 Å². The fourth-order valence-electron chi connectivity index (χ4n) is 3.53. The van der Waals surface area contributed by atoms with Gasteiger partial charge in [0.1, 0.15) is 11.6 Å². The van der Waals surface area contributed by atoms with Crippen LogP contribution in [0.4, 0.5) is 4.39 Å². The van der Waals surface area contributed by atoms with Crippen molar-refractivity contribution in [2.45, 2.75) is 18.8 Å². The Bertz CT molecular complexity index is 1130. The Morgan fingerprint density at radius 2 is 2.03 bits per heavy atom. The van der Waals surface area contributed by atoms with E-state index < -0.39 is 0 Å². The van der Waals surface area contributed by atoms with Crippen LogP contribution in [0.1, 0.15) is 29.2 Å². The summed E-state index contributed by atoms with van der Waals surface area (Å²) in [6.45, 7) is 0.395. The van der Waals surface area contributed by atoms with Gasteiger partial charge < -0.3 is 19.6 Å². The van der Waals surface area contributed by atoms with Crippen molar-refractivity contribution in [3.63, 3.8) is 0 Å². The van der Waals surface area contributed by atoms with Gasteiger partial charge in [-0.05, 0) is 34.5 Å². The minimum absolute atomic E-state index is 0.0997. The standard InChI is InChI=1S/C23H22FN3O3/c1-29-23-12-17(30-27-23)10-11-22(28)26-13-19(15-6-8-16(24)9-7-15)20-14-25-21-5-3-2-4-18(20)21/h2-9,12,14,19,25H,10-11,13H2,1H3,(H,26,28)/t19-/m1/s1. The molecule has 4 rings (SSSR count). The van der Waals surface area contributed by atoms with Crippen molar-refractivity contribution >= 4 is 16.8 Å². The number of ether oxygens (including phenoxy) is 1. The highest BCUT2D eigenvalue weighted by molar-refractivity contribution is 5.84. The van der Waals surface area contributed by atoms with Crippen molar-refractivity contribution in [1.29, 1.82) is 0 Å². The first-order valence-corrected chi connectivity index (χ1v) is 9.72. The number of methoxy groups -OCH3 is 1. The molecule has 7 heteroatoms. The van der Waals surface area contributed by atoms with Crippen LogP contribution in [0.15, 0.2) is 65.3 Å². The number of hydrogen-bond acceptors (Lipinski definition) is 4. The highest BCUT2D eigenvalue weighted by atomic mass is 19.1. The molecule has 1 atom stereocenters. The maximum atomic E-state index is 13.4. The summed E-state index contributed by atoms with van der Waals surface area (Å²) in [6, 6.07) is 16.1. The van der Waals surface area contributed by atoms with Crippen molar-refractivity contribution in [1.82, 2.24) is 15.5 Å². The van der Waals surface area contributed by atoms with Gasteiger partial charge in [-0.3, -0.25) is 4.79 Å². The van der Waals surface area contributed by atoms with Gasteiger partial charge in [0.05, 0.1) is 7.11 Å². The Hall–Kier alpha value is -3.61. The zero-order valence-corrected chi connectivity index (χ0v) is 16.5. The van der Waals surface area contributed by atoms with Gasteiger partial charge in [0.2, 0.25) is 5.91 Å². The molecule has 2 aromatic carbocycles. The van der Waals surface area contributed by atoms with Gasteiger partial charge in [-0.2, -0.15) is 0 Å². The number of aromatic nitrogens is 2. The van der Waals surface area contributed by atoms with Crippen molar-refractivity contribution < 1.29 is 18.4 Å². The van der Waals surface area contributed by atoms with Crippen LogP contribution >= 0.6 is 0 Å². The van der Waals surface area contributed by atoms with Gasteiger partial charge in [0, 0.05) is 48.5 Å². The second kappa shape index (κ2) is 8.82. The average molecular weight is 407 g/mol. The summed E-state index contributed by atoms with van der Waals surface area (Å²) in [5.41, 5.74) is 3.00. The molecule has 0 unspecified atom stereocenters. The number of H-pyrrole nitrogens is 1. The summed E-state index contributed by atoms with van der Waals surface area (Å²) in [7, 11) is 1.51. The number of para-hydroxylation sites is 1. The fourth-order valence-corrected chi connectivity index (χ4v) is 3.53. The second-order valence-electron chi connectivity index (χ2n) is 7.03. The molecular weight excluding hydrogens is 385 g/mol. The van der Waals surface area contributed by atoms with Crippen molar-refractivity contribution in [3.05, 3.63) is 83.5 Å². The molecule has 2 aromatic heterocycles. The summed E-state index contributed by atoms with van der Waals surface area (Å²) in [6.07, 6.45) is 2.64. The van der Waals surface area contributed by atoms with Crippen molar-refractivity contribution in [2.75, 3.05) is 13.7 Å². The third kappa shape index (κ3) is 4.35. The van der Waals surface area contributed by atoms with Crippen LogP contribution in [0.2, 0.25) is 0 Å². The van der Waals surface area contributed by atoms with Gasteiger partial charge in [-0.15, -0.1) is 0 Å². The number of halogens is 1. The molecule has 1 amide bonds. The maximum absolute atomic E-state index is 13.4. The van der Waals surface area contributed by atoms with E-state index in [2.05, 4.69) is 15.5 Å². The molecule has 0 radical (unpaired) electrons.